The maximum atomic E-state index is 5.65. The molecule has 0 aromatic carbocycles. The molecule has 0 saturated carbocycles. The van der Waals surface area contributed by atoms with E-state index in [0.29, 0.717) is 12.1 Å². The summed E-state index contributed by atoms with van der Waals surface area (Å²) in [6.07, 6.45) is 3.55. The smallest absolute Gasteiger partial charge is 0.208 e. The Balaban J connectivity index is 1.93. The number of nitrogens with two attached hydrogens (primary N) is 1. The van der Waals surface area contributed by atoms with Gasteiger partial charge in [-0.05, 0) is 32.7 Å². The van der Waals surface area contributed by atoms with E-state index in [1.54, 1.807) is 7.11 Å². The number of hydrogen-bond acceptors (Lipinski definition) is 4. The zero-order valence-electron chi connectivity index (χ0n) is 12.1. The molecule has 0 amide bonds. The van der Waals surface area contributed by atoms with Gasteiger partial charge in [0, 0.05) is 45.4 Å². The summed E-state index contributed by atoms with van der Waals surface area (Å²) in [5.74, 6) is 6.48. The molecule has 2 atom stereocenters. The molecule has 0 radical (unpaired) electrons. The minimum Gasteiger partial charge on any atom is -0.385 e. The van der Waals surface area contributed by atoms with Gasteiger partial charge in [-0.25, -0.2) is 5.84 Å². The highest BCUT2D eigenvalue weighted by Crippen LogP contribution is 2.24. The molecule has 2 saturated heterocycles. The van der Waals surface area contributed by atoms with Crippen LogP contribution < -0.4 is 11.3 Å². The van der Waals surface area contributed by atoms with Crippen LogP contribution in [0.5, 0.6) is 0 Å². The largest absolute Gasteiger partial charge is 0.385 e. The quantitative estimate of drug-likeness (QED) is 0.247. The fraction of sp³-hybridized carbons (Fsp3) is 0.923. The van der Waals surface area contributed by atoms with E-state index in [4.69, 9.17) is 10.6 Å². The van der Waals surface area contributed by atoms with Crippen molar-refractivity contribution in [3.63, 3.8) is 0 Å². The number of guanidine groups is 1. The summed E-state index contributed by atoms with van der Waals surface area (Å²) in [5.41, 5.74) is 2.78. The first kappa shape index (κ1) is 14.6. The number of hydrazine groups is 1. The molecule has 0 aromatic rings. The van der Waals surface area contributed by atoms with Crippen LogP contribution in [-0.2, 0) is 4.74 Å². The van der Waals surface area contributed by atoms with Gasteiger partial charge in [0.25, 0.3) is 0 Å². The lowest BCUT2D eigenvalue weighted by molar-refractivity contribution is 0.106. The van der Waals surface area contributed by atoms with E-state index < -0.39 is 0 Å². The number of piperazine rings is 1. The fourth-order valence-electron chi connectivity index (χ4n) is 3.10. The van der Waals surface area contributed by atoms with Crippen molar-refractivity contribution in [1.82, 2.24) is 15.2 Å². The van der Waals surface area contributed by atoms with Crippen molar-refractivity contribution < 1.29 is 4.74 Å². The number of rotatable bonds is 4. The van der Waals surface area contributed by atoms with Gasteiger partial charge in [-0.3, -0.25) is 15.3 Å². The van der Waals surface area contributed by atoms with Crippen molar-refractivity contribution in [2.45, 2.75) is 38.3 Å². The molecule has 0 spiro atoms. The zero-order chi connectivity index (χ0) is 13.7. The van der Waals surface area contributed by atoms with E-state index in [2.05, 4.69) is 27.1 Å². The average molecular weight is 269 g/mol. The Hall–Kier alpha value is -0.850. The molecule has 6 heteroatoms. The molecule has 2 fully saturated rings. The van der Waals surface area contributed by atoms with Crippen LogP contribution in [0.25, 0.3) is 0 Å². The van der Waals surface area contributed by atoms with Crippen molar-refractivity contribution in [2.75, 3.05) is 39.9 Å². The molecular formula is C13H27N5O. The summed E-state index contributed by atoms with van der Waals surface area (Å²) in [5, 5.41) is 0. The minimum atomic E-state index is 0.464. The number of aliphatic imine (C=N–C) groups is 1. The Labute approximate surface area is 115 Å². The highest BCUT2D eigenvalue weighted by molar-refractivity contribution is 5.79. The molecule has 2 heterocycles. The molecule has 2 unspecified atom stereocenters. The van der Waals surface area contributed by atoms with Gasteiger partial charge >= 0.3 is 0 Å². The van der Waals surface area contributed by atoms with Crippen LogP contribution in [-0.4, -0.2) is 67.7 Å². The van der Waals surface area contributed by atoms with Crippen LogP contribution in [0.3, 0.4) is 0 Å². The standard InChI is InChI=1S/C13H27N5O/c1-11-9-17-7-3-5-12(17)10-18(11)13(16-14)15-6-4-8-19-2/h11-12H,3-10,14H2,1-2H3,(H,15,16). The molecule has 0 aromatic heterocycles. The fourth-order valence-corrected chi connectivity index (χ4v) is 3.10. The van der Waals surface area contributed by atoms with Gasteiger partial charge in [-0.1, -0.05) is 0 Å². The first-order chi connectivity index (χ1) is 9.26. The lowest BCUT2D eigenvalue weighted by atomic mass is 10.1. The van der Waals surface area contributed by atoms with E-state index in [9.17, 15) is 0 Å². The van der Waals surface area contributed by atoms with Crippen LogP contribution in [0.2, 0.25) is 0 Å². The Morgan fingerprint density at radius 1 is 1.47 bits per heavy atom. The van der Waals surface area contributed by atoms with Crippen molar-refractivity contribution in [2.24, 2.45) is 10.8 Å². The van der Waals surface area contributed by atoms with Gasteiger partial charge in [-0.15, -0.1) is 0 Å². The van der Waals surface area contributed by atoms with E-state index in [1.165, 1.54) is 19.4 Å². The van der Waals surface area contributed by atoms with Gasteiger partial charge in [-0.2, -0.15) is 0 Å². The second kappa shape index (κ2) is 7.07. The summed E-state index contributed by atoms with van der Waals surface area (Å²) in [4.78, 5) is 9.49. The minimum absolute atomic E-state index is 0.464. The predicted octanol–water partition coefficient (Wildman–Crippen LogP) is 0.0107. The summed E-state index contributed by atoms with van der Waals surface area (Å²) in [6.45, 7) is 7.14. The molecule has 19 heavy (non-hydrogen) atoms. The summed E-state index contributed by atoms with van der Waals surface area (Å²) in [7, 11) is 1.72. The maximum absolute atomic E-state index is 5.65. The number of nitrogens with one attached hydrogen (secondary N) is 1. The number of ether oxygens (including phenoxy) is 1. The Kier molecular flexibility index (Phi) is 5.42. The SMILES string of the molecule is COCCCN=C(NN)N1CC2CCCN2CC1C. The normalized spacial score (nSPS) is 28.6. The highest BCUT2D eigenvalue weighted by atomic mass is 16.5. The van der Waals surface area contributed by atoms with Crippen LogP contribution in [0.1, 0.15) is 26.2 Å². The molecule has 6 nitrogen and oxygen atoms in total. The summed E-state index contributed by atoms with van der Waals surface area (Å²) in [6, 6.07) is 1.14. The van der Waals surface area contributed by atoms with Crippen LogP contribution >= 0.6 is 0 Å². The van der Waals surface area contributed by atoms with Gasteiger partial charge in [0.2, 0.25) is 5.96 Å². The van der Waals surface area contributed by atoms with Gasteiger partial charge in [0.05, 0.1) is 0 Å². The Morgan fingerprint density at radius 3 is 3.05 bits per heavy atom. The van der Waals surface area contributed by atoms with Gasteiger partial charge in [0.1, 0.15) is 0 Å². The first-order valence-corrected chi connectivity index (χ1v) is 7.27. The molecule has 2 aliphatic heterocycles. The monoisotopic (exact) mass is 269 g/mol. The van der Waals surface area contributed by atoms with Crippen molar-refractivity contribution in [1.29, 1.82) is 0 Å². The summed E-state index contributed by atoms with van der Waals surface area (Å²) < 4.78 is 5.04. The Bertz CT molecular complexity index is 309. The topological polar surface area (TPSA) is 66.1 Å². The maximum Gasteiger partial charge on any atom is 0.208 e. The zero-order valence-corrected chi connectivity index (χ0v) is 12.1. The highest BCUT2D eigenvalue weighted by Gasteiger charge is 2.35. The number of nitrogens with zero attached hydrogens (tertiary/aromatic N) is 3. The van der Waals surface area contributed by atoms with Crippen molar-refractivity contribution in [3.05, 3.63) is 0 Å². The Morgan fingerprint density at radius 2 is 2.32 bits per heavy atom. The predicted molar refractivity (Wildman–Crippen MR) is 76.9 cm³/mol. The van der Waals surface area contributed by atoms with Gasteiger partial charge in [0.15, 0.2) is 0 Å². The lowest BCUT2D eigenvalue weighted by Gasteiger charge is -2.43. The molecule has 0 aliphatic carbocycles. The third kappa shape index (κ3) is 3.58. The third-order valence-corrected chi connectivity index (χ3v) is 4.11. The molecular weight excluding hydrogens is 242 g/mol. The van der Waals surface area contributed by atoms with Crippen molar-refractivity contribution in [3.8, 4) is 0 Å². The van der Waals surface area contributed by atoms with E-state index in [-0.39, 0.29) is 0 Å². The van der Waals surface area contributed by atoms with E-state index in [1.807, 2.05) is 0 Å². The number of methoxy groups -OCH3 is 1. The molecule has 3 N–H and O–H groups in total. The summed E-state index contributed by atoms with van der Waals surface area (Å²) >= 11 is 0. The van der Waals surface area contributed by atoms with E-state index in [0.717, 1.165) is 38.6 Å². The average Bonchev–Trinajstić information content (AvgIpc) is 2.85. The van der Waals surface area contributed by atoms with E-state index >= 15 is 0 Å². The van der Waals surface area contributed by atoms with Crippen LogP contribution in [0.4, 0.5) is 0 Å². The second-order valence-electron chi connectivity index (χ2n) is 5.49. The van der Waals surface area contributed by atoms with Crippen molar-refractivity contribution >= 4 is 5.96 Å². The molecule has 2 aliphatic rings. The molecule has 110 valence electrons. The lowest BCUT2D eigenvalue weighted by Crippen LogP contribution is -2.60. The number of fused-ring (bicyclic) bond motifs is 1. The molecule has 0 bridgehead atoms. The third-order valence-electron chi connectivity index (χ3n) is 4.11. The van der Waals surface area contributed by atoms with Gasteiger partial charge < -0.3 is 9.64 Å². The molecule has 2 rings (SSSR count). The van der Waals surface area contributed by atoms with Crippen LogP contribution in [0, 0.1) is 0 Å². The number of hydrogen-bond donors (Lipinski definition) is 2. The second-order valence-corrected chi connectivity index (χ2v) is 5.49. The first-order valence-electron chi connectivity index (χ1n) is 7.27. The van der Waals surface area contributed by atoms with Crippen LogP contribution in [0.15, 0.2) is 4.99 Å².